The van der Waals surface area contributed by atoms with Crippen LogP contribution in [0, 0.1) is 0 Å². The Morgan fingerprint density at radius 1 is 0.456 bits per heavy atom. The minimum absolute atomic E-state index is 0.0333. The maximum atomic E-state index is 13.6. The monoisotopic (exact) mass is 1120 g/mol. The van der Waals surface area contributed by atoms with Gasteiger partial charge in [-0.25, -0.2) is 0 Å². The second-order valence-corrected chi connectivity index (χ2v) is 24.3. The summed E-state index contributed by atoms with van der Waals surface area (Å²) in [6, 6.07) is -0.912. The van der Waals surface area contributed by atoms with Gasteiger partial charge in [0.05, 0.1) is 33.8 Å². The van der Waals surface area contributed by atoms with Crippen LogP contribution < -0.4 is 10.2 Å². The molecule has 9 nitrogen and oxygen atoms in total. The molecule has 0 spiro atoms. The van der Waals surface area contributed by atoms with Crippen LogP contribution >= 0.6 is 7.82 Å². The number of rotatable bonds is 58. The van der Waals surface area contributed by atoms with E-state index >= 15 is 0 Å². The lowest BCUT2D eigenvalue weighted by Gasteiger charge is -2.30. The van der Waals surface area contributed by atoms with Crippen LogP contribution in [-0.2, 0) is 27.9 Å². The number of quaternary nitrogens is 1. The molecule has 1 N–H and O–H groups in total. The highest BCUT2D eigenvalue weighted by Crippen LogP contribution is 2.38. The van der Waals surface area contributed by atoms with E-state index in [-0.39, 0.29) is 24.9 Å². The summed E-state index contributed by atoms with van der Waals surface area (Å²) in [5.41, 5.74) is 0. The third kappa shape index (κ3) is 59.4. The lowest BCUT2D eigenvalue weighted by molar-refractivity contribution is -0.870. The maximum Gasteiger partial charge on any atom is 0.306 e. The Morgan fingerprint density at radius 2 is 0.810 bits per heavy atom. The fourth-order valence-electron chi connectivity index (χ4n) is 8.99. The molecular weight excluding hydrogens is 1000 g/mol. The van der Waals surface area contributed by atoms with Gasteiger partial charge in [0, 0.05) is 12.8 Å². The number of nitrogens with zero attached hydrogens (tertiary/aromatic N) is 1. The van der Waals surface area contributed by atoms with E-state index in [0.29, 0.717) is 23.9 Å². The summed E-state index contributed by atoms with van der Waals surface area (Å²) in [7, 11) is 1.15. The SMILES string of the molecule is CC/C=C\C/C=C\C/C=C\C/C=C\C/C=C\C/C=C\CCCCC(=O)OC(/C=C/CCCCCCCCCCC)C(COP(=O)([O-])OCC[N+](C)(C)C)NC(=O)CCCCCCCCCCCCC/C=C/CCCCCCCC. The Morgan fingerprint density at radius 3 is 1.24 bits per heavy atom. The number of nitrogens with one attached hydrogen (secondary N) is 1. The van der Waals surface area contributed by atoms with Crippen molar-refractivity contribution in [3.05, 3.63) is 97.2 Å². The normalized spacial score (nSPS) is 14.3. The van der Waals surface area contributed by atoms with Gasteiger partial charge < -0.3 is 28.5 Å². The summed E-state index contributed by atoms with van der Waals surface area (Å²) < 4.78 is 30.3. The predicted molar refractivity (Wildman–Crippen MR) is 339 cm³/mol. The summed E-state index contributed by atoms with van der Waals surface area (Å²) in [5.74, 6) is -0.593. The molecule has 3 atom stereocenters. The van der Waals surface area contributed by atoms with E-state index in [1.807, 2.05) is 33.3 Å². The molecule has 79 heavy (non-hydrogen) atoms. The second kappa shape index (κ2) is 58.1. The zero-order valence-corrected chi connectivity index (χ0v) is 52.9. The third-order valence-electron chi connectivity index (χ3n) is 14.0. The van der Waals surface area contributed by atoms with Crippen molar-refractivity contribution in [2.45, 2.75) is 290 Å². The highest BCUT2D eigenvalue weighted by Gasteiger charge is 2.27. The average Bonchev–Trinajstić information content (AvgIpc) is 3.41. The molecule has 0 saturated heterocycles. The highest BCUT2D eigenvalue weighted by molar-refractivity contribution is 7.45. The van der Waals surface area contributed by atoms with Gasteiger partial charge in [0.15, 0.2) is 0 Å². The fourth-order valence-corrected chi connectivity index (χ4v) is 9.71. The Hall–Kier alpha value is -3.07. The first-order valence-corrected chi connectivity index (χ1v) is 34.0. The van der Waals surface area contributed by atoms with Crippen molar-refractivity contribution in [1.82, 2.24) is 5.32 Å². The largest absolute Gasteiger partial charge is 0.756 e. The van der Waals surface area contributed by atoms with Crippen molar-refractivity contribution in [2.24, 2.45) is 0 Å². The van der Waals surface area contributed by atoms with E-state index in [1.165, 1.54) is 141 Å². The number of amides is 1. The smallest absolute Gasteiger partial charge is 0.306 e. The Labute approximate surface area is 488 Å². The van der Waals surface area contributed by atoms with Crippen molar-refractivity contribution in [3.63, 3.8) is 0 Å². The van der Waals surface area contributed by atoms with Crippen LogP contribution in [0.25, 0.3) is 0 Å². The van der Waals surface area contributed by atoms with E-state index in [0.717, 1.165) is 96.3 Å². The minimum atomic E-state index is -4.71. The molecule has 0 aromatic carbocycles. The second-order valence-electron chi connectivity index (χ2n) is 22.9. The van der Waals surface area contributed by atoms with E-state index in [4.69, 9.17) is 13.8 Å². The Kier molecular flexibility index (Phi) is 55.9. The van der Waals surface area contributed by atoms with Crippen LogP contribution in [0.5, 0.6) is 0 Å². The molecule has 10 heteroatoms. The molecule has 0 saturated carbocycles. The number of ether oxygens (including phenoxy) is 1. The number of carbonyl (C=O) groups is 2. The van der Waals surface area contributed by atoms with E-state index in [9.17, 15) is 19.0 Å². The molecule has 1 amide bonds. The van der Waals surface area contributed by atoms with Crippen LogP contribution in [0.2, 0.25) is 0 Å². The molecule has 456 valence electrons. The minimum Gasteiger partial charge on any atom is -0.756 e. The number of allylic oxidation sites excluding steroid dienone is 15. The molecule has 0 rings (SSSR count). The molecule has 0 aliphatic heterocycles. The maximum absolute atomic E-state index is 13.6. The van der Waals surface area contributed by atoms with E-state index in [2.05, 4.69) is 111 Å². The number of phosphoric acid groups is 1. The first-order valence-electron chi connectivity index (χ1n) is 32.5. The molecule has 0 aliphatic rings. The fraction of sp³-hybridized carbons (Fsp3) is 0.739. The summed E-state index contributed by atoms with van der Waals surface area (Å²) >= 11 is 0. The zero-order chi connectivity index (χ0) is 57.9. The van der Waals surface area contributed by atoms with Crippen molar-refractivity contribution >= 4 is 19.7 Å². The molecule has 0 aromatic rings. The molecule has 0 radical (unpaired) electrons. The molecule has 0 aliphatic carbocycles. The van der Waals surface area contributed by atoms with Crippen molar-refractivity contribution in [1.29, 1.82) is 0 Å². The van der Waals surface area contributed by atoms with Gasteiger partial charge in [0.1, 0.15) is 19.3 Å². The lowest BCUT2D eigenvalue weighted by atomic mass is 10.0. The molecule has 0 heterocycles. The number of carbonyl (C=O) groups excluding carboxylic acids is 2. The van der Waals surface area contributed by atoms with Crippen molar-refractivity contribution in [2.75, 3.05) is 40.9 Å². The molecule has 3 unspecified atom stereocenters. The van der Waals surface area contributed by atoms with Gasteiger partial charge in [-0.15, -0.1) is 0 Å². The number of hydrogen-bond acceptors (Lipinski definition) is 7. The zero-order valence-electron chi connectivity index (χ0n) is 52.1. The van der Waals surface area contributed by atoms with Gasteiger partial charge in [-0.1, -0.05) is 253 Å². The number of unbranched alkanes of at least 4 members (excludes halogenated alkanes) is 28. The average molecular weight is 1120 g/mol. The summed E-state index contributed by atoms with van der Waals surface area (Å²) in [5, 5.41) is 3.02. The highest BCUT2D eigenvalue weighted by atomic mass is 31.2. The van der Waals surface area contributed by atoms with Gasteiger partial charge in [0.25, 0.3) is 7.82 Å². The number of phosphoric ester groups is 1. The molecular formula is C69H123N2O7P. The molecule has 0 bridgehead atoms. The Bertz CT molecular complexity index is 1670. The van der Waals surface area contributed by atoms with E-state index < -0.39 is 26.6 Å². The number of esters is 1. The number of hydrogen-bond donors (Lipinski definition) is 1. The van der Waals surface area contributed by atoms with Crippen molar-refractivity contribution < 1.29 is 37.3 Å². The standard InChI is InChI=1S/C69H123N2O7P/c1-7-10-13-16-19-22-25-27-29-31-33-35-37-39-41-43-46-49-52-55-58-61-68(72)70-66(65-77-79(74,75)76-64-63-71(4,5)6)67(60-57-54-51-48-45-24-21-18-15-12-9-3)78-69(73)62-59-56-53-50-47-44-42-40-38-36-34-32-30-28-26-23-20-17-14-11-8-2/h11,14,20,23,27-30,34,36,40,42,47,50,57,60,66-67H,7-10,12-13,15-19,21-22,24-26,31-33,35,37-39,41,43-46,48-49,51-56,58-59,61-65H2,1-6H3,(H-,70,72,74,75)/b14-11-,23-20-,29-27+,30-28-,36-34-,42-40-,50-47-,60-57+. The van der Waals surface area contributed by atoms with Crippen LogP contribution in [0.3, 0.4) is 0 Å². The van der Waals surface area contributed by atoms with E-state index in [1.54, 1.807) is 0 Å². The first-order chi connectivity index (χ1) is 38.4. The first kappa shape index (κ1) is 75.9. The van der Waals surface area contributed by atoms with Gasteiger partial charge >= 0.3 is 5.97 Å². The van der Waals surface area contributed by atoms with Gasteiger partial charge in [-0.05, 0) is 109 Å². The summed E-state index contributed by atoms with van der Waals surface area (Å²) in [6.45, 7) is 6.70. The van der Waals surface area contributed by atoms with Gasteiger partial charge in [0.2, 0.25) is 5.91 Å². The quantitative estimate of drug-likeness (QED) is 0.0212. The van der Waals surface area contributed by atoms with Gasteiger partial charge in [-0.2, -0.15) is 0 Å². The summed E-state index contributed by atoms with van der Waals surface area (Å²) in [4.78, 5) is 40.0. The Balaban J connectivity index is 5.23. The third-order valence-corrected chi connectivity index (χ3v) is 15.0. The van der Waals surface area contributed by atoms with Crippen molar-refractivity contribution in [3.8, 4) is 0 Å². The molecule has 0 aromatic heterocycles. The predicted octanol–water partition coefficient (Wildman–Crippen LogP) is 19.7. The summed E-state index contributed by atoms with van der Waals surface area (Å²) in [6.07, 6.45) is 78.1. The van der Waals surface area contributed by atoms with Crippen LogP contribution in [0.4, 0.5) is 0 Å². The van der Waals surface area contributed by atoms with Gasteiger partial charge in [-0.3, -0.25) is 14.2 Å². The van der Waals surface area contributed by atoms with Crippen LogP contribution in [-0.4, -0.2) is 69.4 Å². The topological polar surface area (TPSA) is 114 Å². The number of likely N-dealkylation sites (N-methyl/N-ethyl adjacent to an activating group) is 1. The molecule has 0 fully saturated rings. The van der Waals surface area contributed by atoms with Crippen LogP contribution in [0.1, 0.15) is 278 Å². The lowest BCUT2D eigenvalue weighted by Crippen LogP contribution is -2.47. The van der Waals surface area contributed by atoms with Crippen LogP contribution in [0.15, 0.2) is 97.2 Å².